The van der Waals surface area contributed by atoms with Crippen LogP contribution in [-0.2, 0) is 15.9 Å². The number of rotatable bonds is 8. The molecule has 0 fully saturated rings. The predicted molar refractivity (Wildman–Crippen MR) is 76.5 cm³/mol. The number of hydrogen-bond donors (Lipinski definition) is 8. The van der Waals surface area contributed by atoms with Gasteiger partial charge in [0.05, 0.1) is 18.3 Å². The van der Waals surface area contributed by atoms with E-state index in [0.717, 1.165) is 0 Å². The van der Waals surface area contributed by atoms with Crippen LogP contribution in [0.25, 0.3) is 0 Å². The SMILES string of the molecule is O=c1[nH]c(NC[C@H](O)[C@H](O)[C@H](O)CO)c(CS(=O)(=O)O)c(=O)[nH]1. The van der Waals surface area contributed by atoms with E-state index in [9.17, 15) is 33.3 Å². The van der Waals surface area contributed by atoms with Crippen molar-refractivity contribution in [1.82, 2.24) is 9.97 Å². The highest BCUT2D eigenvalue weighted by Crippen LogP contribution is 2.10. The predicted octanol–water partition coefficient (Wildman–Crippen LogP) is -4.06. The zero-order chi connectivity index (χ0) is 17.8. The molecule has 8 N–H and O–H groups in total. The third-order valence-electron chi connectivity index (χ3n) is 2.83. The first-order valence-corrected chi connectivity index (χ1v) is 7.85. The minimum Gasteiger partial charge on any atom is -0.394 e. The van der Waals surface area contributed by atoms with Crippen LogP contribution in [-0.4, -0.2) is 74.8 Å². The number of aromatic nitrogens is 2. The first-order chi connectivity index (χ1) is 10.5. The summed E-state index contributed by atoms with van der Waals surface area (Å²) in [6.45, 7) is -1.32. The first-order valence-electron chi connectivity index (χ1n) is 6.24. The number of hydrogen-bond acceptors (Lipinski definition) is 9. The minimum absolute atomic E-state index is 0.388. The van der Waals surface area contributed by atoms with E-state index < -0.39 is 64.1 Å². The molecule has 0 unspecified atom stereocenters. The second-order valence-electron chi connectivity index (χ2n) is 4.68. The Balaban J connectivity index is 3.00. The Labute approximate surface area is 129 Å². The third-order valence-corrected chi connectivity index (χ3v) is 3.49. The normalized spacial score (nSPS) is 15.9. The van der Waals surface area contributed by atoms with Gasteiger partial charge in [0.25, 0.3) is 15.7 Å². The molecule has 0 aliphatic carbocycles. The zero-order valence-electron chi connectivity index (χ0n) is 11.6. The molecule has 0 amide bonds. The van der Waals surface area contributed by atoms with Crippen molar-refractivity contribution >= 4 is 15.9 Å². The summed E-state index contributed by atoms with van der Waals surface area (Å²) in [5.74, 6) is -1.49. The number of aliphatic hydroxyl groups excluding tert-OH is 4. The summed E-state index contributed by atoms with van der Waals surface area (Å²) in [5, 5.41) is 39.2. The standard InChI is InChI=1S/C10H17N3O9S/c14-2-6(16)7(17)5(15)1-11-8-4(3-23(20,21)22)9(18)13-10(19)12-8/h5-7,14-17H,1-3H2,(H,20,21,22)(H3,11,12,13,18,19)/t5-,6+,7-/m0/s1. The molecular formula is C10H17N3O9S. The van der Waals surface area contributed by atoms with Crippen molar-refractivity contribution < 1.29 is 33.4 Å². The van der Waals surface area contributed by atoms with Gasteiger partial charge in [0.15, 0.2) is 0 Å². The largest absolute Gasteiger partial charge is 0.394 e. The Hall–Kier alpha value is -1.77. The number of H-pyrrole nitrogens is 2. The molecule has 12 nitrogen and oxygen atoms in total. The third kappa shape index (κ3) is 5.74. The van der Waals surface area contributed by atoms with Crippen molar-refractivity contribution in [2.24, 2.45) is 0 Å². The Morgan fingerprint density at radius 3 is 2.22 bits per heavy atom. The minimum atomic E-state index is -4.57. The molecular weight excluding hydrogens is 338 g/mol. The molecule has 1 aromatic rings. The first kappa shape index (κ1) is 19.3. The van der Waals surface area contributed by atoms with Crippen molar-refractivity contribution in [3.63, 3.8) is 0 Å². The van der Waals surface area contributed by atoms with Crippen LogP contribution in [0.2, 0.25) is 0 Å². The van der Waals surface area contributed by atoms with Crippen molar-refractivity contribution in [3.05, 3.63) is 26.4 Å². The van der Waals surface area contributed by atoms with E-state index in [-0.39, 0.29) is 5.82 Å². The van der Waals surface area contributed by atoms with Gasteiger partial charge >= 0.3 is 5.69 Å². The molecule has 0 aliphatic heterocycles. The van der Waals surface area contributed by atoms with E-state index in [1.54, 1.807) is 4.98 Å². The highest BCUT2D eigenvalue weighted by atomic mass is 32.2. The molecule has 0 bridgehead atoms. The highest BCUT2D eigenvalue weighted by molar-refractivity contribution is 7.85. The van der Waals surface area contributed by atoms with Gasteiger partial charge < -0.3 is 25.7 Å². The molecule has 0 saturated heterocycles. The van der Waals surface area contributed by atoms with Gasteiger partial charge in [0.2, 0.25) is 0 Å². The lowest BCUT2D eigenvalue weighted by Gasteiger charge is -2.22. The molecule has 3 atom stereocenters. The summed E-state index contributed by atoms with van der Waals surface area (Å²) in [4.78, 5) is 26.7. The number of nitrogens with one attached hydrogen (secondary N) is 3. The lowest BCUT2D eigenvalue weighted by atomic mass is 10.1. The summed E-state index contributed by atoms with van der Waals surface area (Å²) in [6, 6.07) is 0. The summed E-state index contributed by atoms with van der Waals surface area (Å²) >= 11 is 0. The average Bonchev–Trinajstić information content (AvgIpc) is 2.45. The van der Waals surface area contributed by atoms with E-state index in [1.807, 2.05) is 0 Å². The smallest absolute Gasteiger partial charge is 0.327 e. The number of aromatic amines is 2. The monoisotopic (exact) mass is 355 g/mol. The fourth-order valence-corrected chi connectivity index (χ4v) is 2.32. The fourth-order valence-electron chi connectivity index (χ4n) is 1.68. The van der Waals surface area contributed by atoms with E-state index in [2.05, 4.69) is 10.3 Å². The fraction of sp³-hybridized carbons (Fsp3) is 0.600. The average molecular weight is 355 g/mol. The van der Waals surface area contributed by atoms with E-state index in [0.29, 0.717) is 0 Å². The lowest BCUT2D eigenvalue weighted by Crippen LogP contribution is -2.43. The highest BCUT2D eigenvalue weighted by Gasteiger charge is 2.24. The maximum Gasteiger partial charge on any atom is 0.327 e. The molecule has 13 heteroatoms. The molecule has 0 aliphatic rings. The van der Waals surface area contributed by atoms with Gasteiger partial charge in [0, 0.05) is 6.54 Å². The van der Waals surface area contributed by atoms with Crippen LogP contribution in [0.1, 0.15) is 5.56 Å². The van der Waals surface area contributed by atoms with E-state index in [1.165, 1.54) is 0 Å². The van der Waals surface area contributed by atoms with Gasteiger partial charge in [-0.3, -0.25) is 19.3 Å². The van der Waals surface area contributed by atoms with Gasteiger partial charge in [-0.1, -0.05) is 0 Å². The Bertz CT molecular complexity index is 741. The molecule has 132 valence electrons. The Morgan fingerprint density at radius 1 is 1.09 bits per heavy atom. The Kier molecular flexibility index (Phi) is 6.43. The van der Waals surface area contributed by atoms with Crippen LogP contribution in [0.5, 0.6) is 0 Å². The Morgan fingerprint density at radius 2 is 1.70 bits per heavy atom. The van der Waals surface area contributed by atoms with Crippen LogP contribution < -0.4 is 16.6 Å². The van der Waals surface area contributed by atoms with Gasteiger partial charge in [-0.05, 0) is 0 Å². The van der Waals surface area contributed by atoms with Crippen LogP contribution in [0.15, 0.2) is 9.59 Å². The molecule has 1 heterocycles. The zero-order valence-corrected chi connectivity index (χ0v) is 12.4. The molecule has 0 saturated carbocycles. The van der Waals surface area contributed by atoms with Crippen molar-refractivity contribution in [2.45, 2.75) is 24.1 Å². The van der Waals surface area contributed by atoms with Gasteiger partial charge in [-0.2, -0.15) is 8.42 Å². The van der Waals surface area contributed by atoms with Crippen molar-refractivity contribution in [1.29, 1.82) is 0 Å². The van der Waals surface area contributed by atoms with Crippen LogP contribution in [0.4, 0.5) is 5.82 Å². The quantitative estimate of drug-likeness (QED) is 0.211. The number of aliphatic hydroxyl groups is 4. The summed E-state index contributed by atoms with van der Waals surface area (Å²) < 4.78 is 30.6. The molecule has 0 radical (unpaired) electrons. The van der Waals surface area contributed by atoms with Gasteiger partial charge in [-0.15, -0.1) is 0 Å². The number of anilines is 1. The lowest BCUT2D eigenvalue weighted by molar-refractivity contribution is -0.0715. The van der Waals surface area contributed by atoms with Gasteiger partial charge in [0.1, 0.15) is 23.8 Å². The molecule has 23 heavy (non-hydrogen) atoms. The topological polar surface area (TPSA) is 213 Å². The van der Waals surface area contributed by atoms with Crippen LogP contribution in [0, 0.1) is 0 Å². The van der Waals surface area contributed by atoms with Crippen molar-refractivity contribution in [2.75, 3.05) is 18.5 Å². The maximum absolute atomic E-state index is 11.6. The molecule has 0 aromatic carbocycles. The molecule has 1 aromatic heterocycles. The summed E-state index contributed by atoms with van der Waals surface area (Å²) in [6.07, 6.45) is -4.97. The van der Waals surface area contributed by atoms with Crippen molar-refractivity contribution in [3.8, 4) is 0 Å². The van der Waals surface area contributed by atoms with Crippen LogP contribution in [0.3, 0.4) is 0 Å². The summed E-state index contributed by atoms with van der Waals surface area (Å²) in [7, 11) is -4.57. The maximum atomic E-state index is 11.6. The van der Waals surface area contributed by atoms with E-state index >= 15 is 0 Å². The molecule has 0 spiro atoms. The second-order valence-corrected chi connectivity index (χ2v) is 6.13. The van der Waals surface area contributed by atoms with Crippen LogP contribution >= 0.6 is 0 Å². The van der Waals surface area contributed by atoms with E-state index in [4.69, 9.17) is 9.66 Å². The second kappa shape index (κ2) is 7.67. The summed E-state index contributed by atoms with van der Waals surface area (Å²) in [5.41, 5.74) is -2.56. The van der Waals surface area contributed by atoms with Gasteiger partial charge in [-0.25, -0.2) is 4.79 Å². The molecule has 1 rings (SSSR count).